The fraction of sp³-hybridized carbons (Fsp3) is 0.667. The van der Waals surface area contributed by atoms with Gasteiger partial charge in [-0.2, -0.15) is 0 Å². The van der Waals surface area contributed by atoms with Gasteiger partial charge in [0, 0.05) is 36.2 Å². The molecule has 1 aromatic carbocycles. The molecule has 1 N–H and O–H groups in total. The zero-order valence-corrected chi connectivity index (χ0v) is 17.1. The molecule has 2 aromatic rings. The van der Waals surface area contributed by atoms with Gasteiger partial charge in [0.15, 0.2) is 0 Å². The Labute approximate surface area is 164 Å². The fourth-order valence-corrected chi connectivity index (χ4v) is 4.47. The van der Waals surface area contributed by atoms with Gasteiger partial charge in [0.25, 0.3) is 0 Å². The van der Waals surface area contributed by atoms with Crippen LogP contribution in [-0.4, -0.2) is 10.6 Å². The summed E-state index contributed by atoms with van der Waals surface area (Å²) in [6, 6.07) is 5.90. The second kappa shape index (κ2) is 10.8. The topological polar surface area (TPSA) is 17.0 Å². The third kappa shape index (κ3) is 6.07. The van der Waals surface area contributed by atoms with Gasteiger partial charge in [0.2, 0.25) is 0 Å². The van der Waals surface area contributed by atoms with Crippen molar-refractivity contribution in [2.24, 2.45) is 0 Å². The molecule has 1 aromatic heterocycles. The maximum atomic E-state index is 13.9. The smallest absolute Gasteiger partial charge is 0.123 e. The number of hydrogen-bond donors (Lipinski definition) is 1. The van der Waals surface area contributed by atoms with Crippen LogP contribution in [-0.2, 0) is 13.1 Å². The van der Waals surface area contributed by atoms with Gasteiger partial charge in [0.1, 0.15) is 5.82 Å². The van der Waals surface area contributed by atoms with Gasteiger partial charge in [-0.05, 0) is 43.0 Å². The molecule has 2 nitrogen and oxygen atoms in total. The highest BCUT2D eigenvalue weighted by atomic mass is 19.1. The Morgan fingerprint density at radius 2 is 1.74 bits per heavy atom. The maximum absolute atomic E-state index is 13.9. The first-order valence-corrected chi connectivity index (χ1v) is 11.3. The van der Waals surface area contributed by atoms with E-state index in [9.17, 15) is 4.39 Å². The van der Waals surface area contributed by atoms with Gasteiger partial charge in [-0.25, -0.2) is 4.39 Å². The molecule has 1 saturated carbocycles. The molecule has 0 spiro atoms. The average Bonchev–Trinajstić information content (AvgIpc) is 2.84. The first-order valence-electron chi connectivity index (χ1n) is 11.3. The van der Waals surface area contributed by atoms with E-state index in [-0.39, 0.29) is 5.82 Å². The summed E-state index contributed by atoms with van der Waals surface area (Å²) in [4.78, 5) is 0. The van der Waals surface area contributed by atoms with Gasteiger partial charge in [-0.15, -0.1) is 0 Å². The minimum absolute atomic E-state index is 0.129. The molecule has 1 aliphatic carbocycles. The van der Waals surface area contributed by atoms with Crippen molar-refractivity contribution in [1.29, 1.82) is 0 Å². The summed E-state index contributed by atoms with van der Waals surface area (Å²) in [5.74, 6) is -0.129. The van der Waals surface area contributed by atoms with E-state index in [4.69, 9.17) is 0 Å². The summed E-state index contributed by atoms with van der Waals surface area (Å²) in [6.07, 6.45) is 18.1. The lowest BCUT2D eigenvalue weighted by Gasteiger charge is -2.15. The molecule has 0 unspecified atom stereocenters. The number of aromatic nitrogens is 1. The van der Waals surface area contributed by atoms with E-state index in [0.29, 0.717) is 6.04 Å². The zero-order chi connectivity index (χ0) is 18.9. The standard InChI is InChI=1S/C24H37FN2/c1-2-3-4-5-8-11-16-27-19-20(23-17-21(25)14-15-24(23)27)18-26-22-12-9-6-7-10-13-22/h14-15,17,19,22,26H,2-13,16,18H2,1H3. The monoisotopic (exact) mass is 372 g/mol. The van der Waals surface area contributed by atoms with Gasteiger partial charge < -0.3 is 9.88 Å². The number of benzene rings is 1. The molecular weight excluding hydrogens is 335 g/mol. The molecule has 1 fully saturated rings. The third-order valence-corrected chi connectivity index (χ3v) is 6.11. The van der Waals surface area contributed by atoms with Crippen LogP contribution < -0.4 is 5.32 Å². The van der Waals surface area contributed by atoms with E-state index >= 15 is 0 Å². The Morgan fingerprint density at radius 3 is 2.52 bits per heavy atom. The molecule has 3 heteroatoms. The van der Waals surface area contributed by atoms with Crippen molar-refractivity contribution in [2.75, 3.05) is 0 Å². The van der Waals surface area contributed by atoms with E-state index in [1.165, 1.54) is 88.1 Å². The first kappa shape index (κ1) is 20.4. The normalized spacial score (nSPS) is 16.1. The van der Waals surface area contributed by atoms with Gasteiger partial charge >= 0.3 is 0 Å². The van der Waals surface area contributed by atoms with Gasteiger partial charge in [-0.1, -0.05) is 64.7 Å². The highest BCUT2D eigenvalue weighted by Crippen LogP contribution is 2.24. The summed E-state index contributed by atoms with van der Waals surface area (Å²) in [5, 5.41) is 4.84. The fourth-order valence-electron chi connectivity index (χ4n) is 4.47. The number of rotatable bonds is 10. The SMILES string of the molecule is CCCCCCCCn1cc(CNC2CCCCCC2)c2cc(F)ccc21. The highest BCUT2D eigenvalue weighted by Gasteiger charge is 2.14. The van der Waals surface area contributed by atoms with Gasteiger partial charge in [-0.3, -0.25) is 0 Å². The van der Waals surface area contributed by atoms with Crippen LogP contribution in [0.5, 0.6) is 0 Å². The molecule has 0 saturated heterocycles. The predicted molar refractivity (Wildman–Crippen MR) is 114 cm³/mol. The van der Waals surface area contributed by atoms with Crippen LogP contribution in [0.1, 0.15) is 89.5 Å². The van der Waals surface area contributed by atoms with Crippen molar-refractivity contribution in [3.8, 4) is 0 Å². The minimum Gasteiger partial charge on any atom is -0.347 e. The number of hydrogen-bond acceptors (Lipinski definition) is 1. The Hall–Kier alpha value is -1.35. The van der Waals surface area contributed by atoms with Crippen LogP contribution in [0.15, 0.2) is 24.4 Å². The molecule has 1 heterocycles. The molecule has 0 bridgehead atoms. The summed E-state index contributed by atoms with van der Waals surface area (Å²) >= 11 is 0. The van der Waals surface area contributed by atoms with Crippen LogP contribution >= 0.6 is 0 Å². The number of fused-ring (bicyclic) bond motifs is 1. The minimum atomic E-state index is -0.129. The molecular formula is C24H37FN2. The van der Waals surface area contributed by atoms with Crippen LogP contribution in [0, 0.1) is 5.82 Å². The first-order chi connectivity index (χ1) is 13.3. The largest absolute Gasteiger partial charge is 0.347 e. The molecule has 1 aliphatic rings. The third-order valence-electron chi connectivity index (χ3n) is 6.11. The summed E-state index contributed by atoms with van der Waals surface area (Å²) in [5.41, 5.74) is 2.43. The second-order valence-electron chi connectivity index (χ2n) is 8.35. The lowest BCUT2D eigenvalue weighted by molar-refractivity contribution is 0.459. The molecule has 3 rings (SSSR count). The molecule has 0 atom stereocenters. The highest BCUT2D eigenvalue weighted by molar-refractivity contribution is 5.84. The molecule has 150 valence electrons. The van der Waals surface area contributed by atoms with Gasteiger partial charge in [0.05, 0.1) is 0 Å². The van der Waals surface area contributed by atoms with E-state index in [0.717, 1.165) is 18.5 Å². The summed E-state index contributed by atoms with van der Waals surface area (Å²) in [7, 11) is 0. The quantitative estimate of drug-likeness (QED) is 0.352. The van der Waals surface area contributed by atoms with Crippen LogP contribution in [0.25, 0.3) is 10.9 Å². The summed E-state index contributed by atoms with van der Waals surface area (Å²) in [6.45, 7) is 4.15. The average molecular weight is 373 g/mol. The molecule has 0 radical (unpaired) electrons. The number of unbranched alkanes of at least 4 members (excludes halogenated alkanes) is 5. The van der Waals surface area contributed by atoms with Crippen molar-refractivity contribution in [1.82, 2.24) is 9.88 Å². The number of halogens is 1. The van der Waals surface area contributed by atoms with Crippen molar-refractivity contribution >= 4 is 10.9 Å². The Kier molecular flexibility index (Phi) is 8.19. The van der Waals surface area contributed by atoms with E-state index in [1.54, 1.807) is 12.1 Å². The number of nitrogens with one attached hydrogen (secondary N) is 1. The Bertz CT molecular complexity index is 683. The summed E-state index contributed by atoms with van der Waals surface area (Å²) < 4.78 is 16.2. The number of aryl methyl sites for hydroxylation is 1. The lowest BCUT2D eigenvalue weighted by atomic mass is 10.1. The molecule has 0 aliphatic heterocycles. The number of nitrogens with zero attached hydrogens (tertiary/aromatic N) is 1. The maximum Gasteiger partial charge on any atom is 0.123 e. The van der Waals surface area contributed by atoms with E-state index < -0.39 is 0 Å². The lowest BCUT2D eigenvalue weighted by Crippen LogP contribution is -2.27. The van der Waals surface area contributed by atoms with Crippen molar-refractivity contribution < 1.29 is 4.39 Å². The Balaban J connectivity index is 1.62. The van der Waals surface area contributed by atoms with Crippen molar-refractivity contribution in [3.05, 3.63) is 35.8 Å². The second-order valence-corrected chi connectivity index (χ2v) is 8.35. The molecule has 0 amide bonds. The Morgan fingerprint density at radius 1 is 1.00 bits per heavy atom. The predicted octanol–water partition coefficient (Wildman–Crippen LogP) is 6.95. The van der Waals surface area contributed by atoms with Crippen LogP contribution in [0.4, 0.5) is 4.39 Å². The zero-order valence-electron chi connectivity index (χ0n) is 17.1. The molecule has 27 heavy (non-hydrogen) atoms. The van der Waals surface area contributed by atoms with Crippen LogP contribution in [0.3, 0.4) is 0 Å². The van der Waals surface area contributed by atoms with Crippen molar-refractivity contribution in [3.63, 3.8) is 0 Å². The van der Waals surface area contributed by atoms with Crippen LogP contribution in [0.2, 0.25) is 0 Å². The van der Waals surface area contributed by atoms with E-state index in [2.05, 4.69) is 23.0 Å². The van der Waals surface area contributed by atoms with E-state index in [1.807, 2.05) is 6.07 Å². The van der Waals surface area contributed by atoms with Crippen molar-refractivity contribution in [2.45, 2.75) is 103 Å².